The lowest BCUT2D eigenvalue weighted by atomic mass is 10.3. The van der Waals surface area contributed by atoms with Gasteiger partial charge in [0.25, 0.3) is 10.2 Å². The lowest BCUT2D eigenvalue weighted by Crippen LogP contribution is -2.39. The number of aromatic nitrogens is 1. The molecule has 0 amide bonds. The lowest BCUT2D eigenvalue weighted by molar-refractivity contribution is 0.214. The molecule has 2 rings (SSSR count). The minimum absolute atomic E-state index is 0.107. The minimum Gasteiger partial charge on any atom is -0.487 e. The highest BCUT2D eigenvalue weighted by Crippen LogP contribution is 2.20. The summed E-state index contributed by atoms with van der Waals surface area (Å²) in [5, 5.41) is 0. The third kappa shape index (κ3) is 2.80. The zero-order valence-electron chi connectivity index (χ0n) is 10.5. The zero-order chi connectivity index (χ0) is 13.2. The smallest absolute Gasteiger partial charge is 0.281 e. The first-order valence-electron chi connectivity index (χ1n) is 5.74. The first-order valence-corrected chi connectivity index (χ1v) is 7.14. The highest BCUT2D eigenvalue weighted by atomic mass is 32.2. The average molecular weight is 271 g/mol. The summed E-state index contributed by atoms with van der Waals surface area (Å²) >= 11 is 0. The van der Waals surface area contributed by atoms with Gasteiger partial charge >= 0.3 is 0 Å². The number of hydrogen-bond acceptors (Lipinski definition) is 4. The Kier molecular flexibility index (Phi) is 3.84. The summed E-state index contributed by atoms with van der Waals surface area (Å²) in [6.07, 6.45) is 3.89. The Labute approximate surface area is 107 Å². The molecule has 0 spiro atoms. The second-order valence-corrected chi connectivity index (χ2v) is 6.51. The lowest BCUT2D eigenvalue weighted by Gasteiger charge is -2.20. The van der Waals surface area contributed by atoms with Crippen molar-refractivity contribution in [2.24, 2.45) is 0 Å². The summed E-state index contributed by atoms with van der Waals surface area (Å²) in [5.41, 5.74) is 0. The SMILES string of the molecule is CN(C)S(=O)(=O)N1CC[C@H](Oc2cccnc2)C1. The van der Waals surface area contributed by atoms with E-state index in [4.69, 9.17) is 4.74 Å². The summed E-state index contributed by atoms with van der Waals surface area (Å²) in [5.74, 6) is 0.673. The van der Waals surface area contributed by atoms with E-state index in [0.717, 1.165) is 0 Å². The van der Waals surface area contributed by atoms with Crippen LogP contribution in [0, 0.1) is 0 Å². The Hall–Kier alpha value is -1.18. The van der Waals surface area contributed by atoms with Gasteiger partial charge in [-0.05, 0) is 18.6 Å². The molecular weight excluding hydrogens is 254 g/mol. The van der Waals surface area contributed by atoms with Crippen molar-refractivity contribution in [3.05, 3.63) is 24.5 Å². The molecule has 1 aliphatic heterocycles. The molecule has 18 heavy (non-hydrogen) atoms. The van der Waals surface area contributed by atoms with E-state index < -0.39 is 10.2 Å². The van der Waals surface area contributed by atoms with E-state index in [1.54, 1.807) is 18.5 Å². The maximum Gasteiger partial charge on any atom is 0.281 e. The van der Waals surface area contributed by atoms with E-state index >= 15 is 0 Å². The number of nitrogens with zero attached hydrogens (tertiary/aromatic N) is 3. The van der Waals surface area contributed by atoms with Crippen molar-refractivity contribution in [3.63, 3.8) is 0 Å². The van der Waals surface area contributed by atoms with E-state index in [-0.39, 0.29) is 6.10 Å². The van der Waals surface area contributed by atoms with E-state index in [0.29, 0.717) is 25.3 Å². The molecule has 6 nitrogen and oxygen atoms in total. The molecule has 1 saturated heterocycles. The van der Waals surface area contributed by atoms with Crippen LogP contribution in [0.25, 0.3) is 0 Å². The van der Waals surface area contributed by atoms with Crippen molar-refractivity contribution in [1.29, 1.82) is 0 Å². The van der Waals surface area contributed by atoms with Gasteiger partial charge in [-0.1, -0.05) is 0 Å². The molecule has 1 aromatic rings. The molecule has 0 radical (unpaired) electrons. The zero-order valence-corrected chi connectivity index (χ0v) is 11.3. The van der Waals surface area contributed by atoms with Gasteiger partial charge in [-0.15, -0.1) is 0 Å². The fourth-order valence-corrected chi connectivity index (χ4v) is 3.00. The van der Waals surface area contributed by atoms with Gasteiger partial charge in [0.15, 0.2) is 0 Å². The monoisotopic (exact) mass is 271 g/mol. The van der Waals surface area contributed by atoms with Crippen molar-refractivity contribution in [1.82, 2.24) is 13.6 Å². The Morgan fingerprint density at radius 3 is 2.89 bits per heavy atom. The van der Waals surface area contributed by atoms with Crippen molar-refractivity contribution in [3.8, 4) is 5.75 Å². The van der Waals surface area contributed by atoms with Crippen LogP contribution in [0.4, 0.5) is 0 Å². The molecule has 2 heterocycles. The number of rotatable bonds is 4. The van der Waals surface area contributed by atoms with Crippen molar-refractivity contribution >= 4 is 10.2 Å². The van der Waals surface area contributed by atoms with E-state index in [9.17, 15) is 8.42 Å². The summed E-state index contributed by atoms with van der Waals surface area (Å²) in [6, 6.07) is 3.61. The molecule has 0 unspecified atom stereocenters. The van der Waals surface area contributed by atoms with Gasteiger partial charge in [-0.25, -0.2) is 0 Å². The fourth-order valence-electron chi connectivity index (χ4n) is 1.84. The maximum absolute atomic E-state index is 11.9. The van der Waals surface area contributed by atoms with Gasteiger partial charge in [-0.3, -0.25) is 4.98 Å². The van der Waals surface area contributed by atoms with Gasteiger partial charge in [0.1, 0.15) is 11.9 Å². The third-order valence-electron chi connectivity index (χ3n) is 2.83. The van der Waals surface area contributed by atoms with Crippen LogP contribution < -0.4 is 4.74 Å². The fraction of sp³-hybridized carbons (Fsp3) is 0.545. The Bertz CT molecular complexity index is 490. The summed E-state index contributed by atoms with van der Waals surface area (Å²) < 4.78 is 32.2. The first-order chi connectivity index (χ1) is 8.50. The molecule has 0 bridgehead atoms. The summed E-state index contributed by atoms with van der Waals surface area (Å²) in [6.45, 7) is 0.876. The van der Waals surface area contributed by atoms with Gasteiger partial charge in [0, 0.05) is 26.8 Å². The predicted octanol–water partition coefficient (Wildman–Crippen LogP) is 0.341. The molecule has 7 heteroatoms. The molecule has 1 aromatic heterocycles. The average Bonchev–Trinajstić information content (AvgIpc) is 2.79. The molecule has 0 aromatic carbocycles. The van der Waals surface area contributed by atoms with Crippen LogP contribution >= 0.6 is 0 Å². The van der Waals surface area contributed by atoms with E-state index in [1.807, 2.05) is 6.07 Å². The van der Waals surface area contributed by atoms with Crippen LogP contribution in [-0.2, 0) is 10.2 Å². The van der Waals surface area contributed by atoms with Crippen LogP contribution in [0.2, 0.25) is 0 Å². The molecule has 0 aliphatic carbocycles. The van der Waals surface area contributed by atoms with E-state index in [2.05, 4.69) is 4.98 Å². The molecule has 1 fully saturated rings. The topological polar surface area (TPSA) is 62.7 Å². The normalized spacial score (nSPS) is 21.4. The predicted molar refractivity (Wildman–Crippen MR) is 67.4 cm³/mol. The largest absolute Gasteiger partial charge is 0.487 e. The van der Waals surface area contributed by atoms with Gasteiger partial charge < -0.3 is 4.74 Å². The van der Waals surface area contributed by atoms with Gasteiger partial charge in [0.05, 0.1) is 12.7 Å². The first kappa shape index (κ1) is 13.3. The molecule has 1 atom stereocenters. The molecule has 0 saturated carbocycles. The number of hydrogen-bond donors (Lipinski definition) is 0. The Balaban J connectivity index is 1.97. The van der Waals surface area contributed by atoms with Crippen molar-refractivity contribution < 1.29 is 13.2 Å². The van der Waals surface area contributed by atoms with Crippen LogP contribution in [0.1, 0.15) is 6.42 Å². The van der Waals surface area contributed by atoms with Crippen LogP contribution in [-0.4, -0.2) is 55.3 Å². The molecule has 0 N–H and O–H groups in total. The maximum atomic E-state index is 11.9. The van der Waals surface area contributed by atoms with Crippen LogP contribution in [0.5, 0.6) is 5.75 Å². The highest BCUT2D eigenvalue weighted by molar-refractivity contribution is 7.86. The number of ether oxygens (including phenoxy) is 1. The number of pyridine rings is 1. The minimum atomic E-state index is -3.33. The van der Waals surface area contributed by atoms with Gasteiger partial charge in [0.2, 0.25) is 0 Å². The van der Waals surface area contributed by atoms with E-state index in [1.165, 1.54) is 22.7 Å². The molecular formula is C11H17N3O3S. The van der Waals surface area contributed by atoms with Crippen LogP contribution in [0.3, 0.4) is 0 Å². The summed E-state index contributed by atoms with van der Waals surface area (Å²) in [4.78, 5) is 3.96. The van der Waals surface area contributed by atoms with Gasteiger partial charge in [-0.2, -0.15) is 17.0 Å². The second kappa shape index (κ2) is 5.21. The summed E-state index contributed by atoms with van der Waals surface area (Å²) in [7, 11) is -0.266. The highest BCUT2D eigenvalue weighted by Gasteiger charge is 2.33. The molecule has 100 valence electrons. The second-order valence-electron chi connectivity index (χ2n) is 4.37. The third-order valence-corrected chi connectivity index (χ3v) is 4.74. The standard InChI is InChI=1S/C11H17N3O3S/c1-13(2)18(15,16)14-7-5-11(9-14)17-10-4-3-6-12-8-10/h3-4,6,8,11H,5,7,9H2,1-2H3/t11-/m0/s1. The van der Waals surface area contributed by atoms with Crippen molar-refractivity contribution in [2.45, 2.75) is 12.5 Å². The van der Waals surface area contributed by atoms with Crippen molar-refractivity contribution in [2.75, 3.05) is 27.2 Å². The molecule has 1 aliphatic rings. The Morgan fingerprint density at radius 2 is 2.28 bits per heavy atom. The Morgan fingerprint density at radius 1 is 1.50 bits per heavy atom. The van der Waals surface area contributed by atoms with Crippen LogP contribution in [0.15, 0.2) is 24.5 Å². The quantitative estimate of drug-likeness (QED) is 0.792.